The lowest BCUT2D eigenvalue weighted by atomic mass is 10.2. The van der Waals surface area contributed by atoms with Gasteiger partial charge in [0.15, 0.2) is 11.0 Å². The minimum atomic E-state index is -0.867. The molecular formula is C17H23N5O3S. The van der Waals surface area contributed by atoms with E-state index >= 15 is 0 Å². The van der Waals surface area contributed by atoms with E-state index in [1.54, 1.807) is 14.0 Å². The molecule has 0 radical (unpaired) electrons. The monoisotopic (exact) mass is 377 g/mol. The molecule has 1 aromatic heterocycles. The average Bonchev–Trinajstić information content (AvgIpc) is 3.01. The number of amides is 3. The first kappa shape index (κ1) is 19.8. The Labute approximate surface area is 156 Å². The summed E-state index contributed by atoms with van der Waals surface area (Å²) in [6.45, 7) is 4.53. The molecule has 0 unspecified atom stereocenters. The molecule has 0 bridgehead atoms. The van der Waals surface area contributed by atoms with Crippen LogP contribution in [0, 0.1) is 0 Å². The number of nitrogens with two attached hydrogens (primary N) is 1. The van der Waals surface area contributed by atoms with Crippen molar-refractivity contribution >= 4 is 23.7 Å². The highest BCUT2D eigenvalue weighted by Gasteiger charge is 2.21. The molecule has 0 aliphatic heterocycles. The van der Waals surface area contributed by atoms with Crippen molar-refractivity contribution in [2.24, 2.45) is 5.73 Å². The number of ether oxygens (including phenoxy) is 1. The van der Waals surface area contributed by atoms with Crippen LogP contribution in [0.3, 0.4) is 0 Å². The molecule has 0 fully saturated rings. The summed E-state index contributed by atoms with van der Waals surface area (Å²) >= 11 is 1.24. The lowest BCUT2D eigenvalue weighted by Crippen LogP contribution is -2.39. The van der Waals surface area contributed by atoms with Gasteiger partial charge in [-0.3, -0.25) is 10.1 Å². The minimum absolute atomic E-state index is 0.460. The molecular weight excluding hydrogens is 354 g/mol. The fourth-order valence-electron chi connectivity index (χ4n) is 2.28. The third kappa shape index (κ3) is 4.98. The maximum atomic E-state index is 11.9. The van der Waals surface area contributed by atoms with Gasteiger partial charge < -0.3 is 15.0 Å². The number of methoxy groups -OCH3 is 1. The number of aromatic nitrogens is 3. The number of carbonyl (C=O) groups excluding carboxylic acids is 2. The van der Waals surface area contributed by atoms with E-state index in [1.165, 1.54) is 11.8 Å². The standard InChI is InChI=1S/C17H23N5O3S/c1-4-5-10-22-14(12-6-8-13(25-3)9-7-12)20-21-17(22)26-11(2)15(23)19-16(18)24/h6-9,11H,4-5,10H2,1-3H3,(H3,18,19,23,24)/t11-/m1/s1. The van der Waals surface area contributed by atoms with Crippen LogP contribution in [0.1, 0.15) is 26.7 Å². The Morgan fingerprint density at radius 2 is 2.00 bits per heavy atom. The van der Waals surface area contributed by atoms with Gasteiger partial charge in [-0.05, 0) is 37.6 Å². The largest absolute Gasteiger partial charge is 0.497 e. The number of imide groups is 1. The SMILES string of the molecule is CCCCn1c(S[C@H](C)C(=O)NC(N)=O)nnc1-c1ccc(OC)cc1. The molecule has 9 heteroatoms. The number of thioether (sulfide) groups is 1. The predicted molar refractivity (Wildman–Crippen MR) is 100.0 cm³/mol. The Kier molecular flexibility index (Phi) is 7.02. The number of rotatable bonds is 8. The van der Waals surface area contributed by atoms with Gasteiger partial charge in [-0.15, -0.1) is 10.2 Å². The highest BCUT2D eigenvalue weighted by Crippen LogP contribution is 2.28. The number of unbranched alkanes of at least 4 members (excludes halogenated alkanes) is 1. The number of hydrogen-bond donors (Lipinski definition) is 2. The fourth-order valence-corrected chi connectivity index (χ4v) is 3.16. The summed E-state index contributed by atoms with van der Waals surface area (Å²) in [7, 11) is 1.62. The molecule has 8 nitrogen and oxygen atoms in total. The van der Waals surface area contributed by atoms with Crippen LogP contribution in [0.15, 0.2) is 29.4 Å². The molecule has 0 aliphatic carbocycles. The first-order chi connectivity index (χ1) is 12.5. The third-order valence-electron chi connectivity index (χ3n) is 3.70. The third-order valence-corrected chi connectivity index (χ3v) is 4.78. The number of benzene rings is 1. The molecule has 0 aliphatic rings. The van der Waals surface area contributed by atoms with Gasteiger partial charge in [0.25, 0.3) is 0 Å². The molecule has 140 valence electrons. The van der Waals surface area contributed by atoms with Crippen LogP contribution in [0.4, 0.5) is 4.79 Å². The maximum Gasteiger partial charge on any atom is 0.318 e. The van der Waals surface area contributed by atoms with Crippen LogP contribution in [-0.2, 0) is 11.3 Å². The van der Waals surface area contributed by atoms with Crippen LogP contribution in [0.5, 0.6) is 5.75 Å². The second kappa shape index (κ2) is 9.23. The number of primary amides is 1. The van der Waals surface area contributed by atoms with Gasteiger partial charge >= 0.3 is 6.03 Å². The van der Waals surface area contributed by atoms with E-state index in [0.29, 0.717) is 5.16 Å². The van der Waals surface area contributed by atoms with E-state index in [4.69, 9.17) is 10.5 Å². The number of nitrogens with zero attached hydrogens (tertiary/aromatic N) is 3. The van der Waals surface area contributed by atoms with Gasteiger partial charge in [0.2, 0.25) is 5.91 Å². The van der Waals surface area contributed by atoms with E-state index < -0.39 is 17.2 Å². The number of carbonyl (C=O) groups is 2. The van der Waals surface area contributed by atoms with E-state index in [0.717, 1.165) is 36.5 Å². The van der Waals surface area contributed by atoms with Gasteiger partial charge in [-0.1, -0.05) is 25.1 Å². The first-order valence-electron chi connectivity index (χ1n) is 8.30. The molecule has 2 aromatic rings. The number of urea groups is 1. The van der Waals surface area contributed by atoms with Crippen LogP contribution >= 0.6 is 11.8 Å². The van der Waals surface area contributed by atoms with Crippen molar-refractivity contribution < 1.29 is 14.3 Å². The summed E-state index contributed by atoms with van der Waals surface area (Å²) in [5.41, 5.74) is 5.91. The van der Waals surface area contributed by atoms with Crippen LogP contribution in [0.25, 0.3) is 11.4 Å². The minimum Gasteiger partial charge on any atom is -0.497 e. The molecule has 0 saturated heterocycles. The lowest BCUT2D eigenvalue weighted by Gasteiger charge is -2.13. The Morgan fingerprint density at radius 3 is 2.58 bits per heavy atom. The van der Waals surface area contributed by atoms with Crippen molar-refractivity contribution in [3.63, 3.8) is 0 Å². The Morgan fingerprint density at radius 1 is 1.31 bits per heavy atom. The molecule has 1 atom stereocenters. The van der Waals surface area contributed by atoms with Gasteiger partial charge in [0.1, 0.15) is 5.75 Å². The number of nitrogens with one attached hydrogen (secondary N) is 1. The van der Waals surface area contributed by atoms with Crippen molar-refractivity contribution in [1.29, 1.82) is 0 Å². The molecule has 3 N–H and O–H groups in total. The van der Waals surface area contributed by atoms with Crippen molar-refractivity contribution in [2.45, 2.75) is 43.6 Å². The zero-order valence-corrected chi connectivity index (χ0v) is 15.9. The van der Waals surface area contributed by atoms with Crippen LogP contribution < -0.4 is 15.8 Å². The van der Waals surface area contributed by atoms with Gasteiger partial charge in [-0.2, -0.15) is 0 Å². The average molecular weight is 377 g/mol. The predicted octanol–water partition coefficient (Wildman–Crippen LogP) is 2.43. The second-order valence-corrected chi connectivity index (χ2v) is 6.96. The van der Waals surface area contributed by atoms with Crippen molar-refractivity contribution in [1.82, 2.24) is 20.1 Å². The van der Waals surface area contributed by atoms with Crippen LogP contribution in [0.2, 0.25) is 0 Å². The van der Waals surface area contributed by atoms with E-state index in [2.05, 4.69) is 22.4 Å². The fraction of sp³-hybridized carbons (Fsp3) is 0.412. The summed E-state index contributed by atoms with van der Waals surface area (Å²) in [4.78, 5) is 22.8. The summed E-state index contributed by atoms with van der Waals surface area (Å²) < 4.78 is 7.18. The summed E-state index contributed by atoms with van der Waals surface area (Å²) in [5, 5.41) is 10.7. The van der Waals surface area contributed by atoms with E-state index in [9.17, 15) is 9.59 Å². The zero-order valence-electron chi connectivity index (χ0n) is 15.1. The topological polar surface area (TPSA) is 112 Å². The Bertz CT molecular complexity index is 760. The molecule has 0 spiro atoms. The molecule has 2 rings (SSSR count). The summed E-state index contributed by atoms with van der Waals surface area (Å²) in [5.74, 6) is 1.03. The van der Waals surface area contributed by atoms with Crippen LogP contribution in [-0.4, -0.2) is 39.1 Å². The van der Waals surface area contributed by atoms with Crippen molar-refractivity contribution in [2.75, 3.05) is 7.11 Å². The zero-order chi connectivity index (χ0) is 19.1. The summed E-state index contributed by atoms with van der Waals surface area (Å²) in [6, 6.07) is 6.70. The Hall–Kier alpha value is -2.55. The Balaban J connectivity index is 2.27. The molecule has 3 amide bonds. The highest BCUT2D eigenvalue weighted by atomic mass is 32.2. The lowest BCUT2D eigenvalue weighted by molar-refractivity contribution is -0.119. The van der Waals surface area contributed by atoms with E-state index in [-0.39, 0.29) is 0 Å². The molecule has 0 saturated carbocycles. The van der Waals surface area contributed by atoms with Gasteiger partial charge in [0.05, 0.1) is 12.4 Å². The van der Waals surface area contributed by atoms with Crippen molar-refractivity contribution in [3.8, 4) is 17.1 Å². The number of hydrogen-bond acceptors (Lipinski definition) is 6. The van der Waals surface area contributed by atoms with Crippen molar-refractivity contribution in [3.05, 3.63) is 24.3 Å². The molecule has 1 heterocycles. The smallest absolute Gasteiger partial charge is 0.318 e. The first-order valence-corrected chi connectivity index (χ1v) is 9.18. The van der Waals surface area contributed by atoms with E-state index in [1.807, 2.05) is 28.8 Å². The second-order valence-electron chi connectivity index (χ2n) is 5.65. The maximum absolute atomic E-state index is 11.9. The van der Waals surface area contributed by atoms with Gasteiger partial charge in [-0.25, -0.2) is 4.79 Å². The summed E-state index contributed by atoms with van der Waals surface area (Å²) in [6.07, 6.45) is 1.97. The molecule has 1 aromatic carbocycles. The van der Waals surface area contributed by atoms with Gasteiger partial charge in [0, 0.05) is 12.1 Å². The highest BCUT2D eigenvalue weighted by molar-refractivity contribution is 8.00. The quantitative estimate of drug-likeness (QED) is 0.683. The molecule has 26 heavy (non-hydrogen) atoms. The normalized spacial score (nSPS) is 11.8.